The van der Waals surface area contributed by atoms with Gasteiger partial charge in [0.2, 0.25) is 18.6 Å². The Morgan fingerprint density at radius 3 is 2.58 bits per heavy atom. The number of hydrogen-bond donors (Lipinski definition) is 1. The fourth-order valence-electron chi connectivity index (χ4n) is 4.68. The number of rotatable bonds is 5. The van der Waals surface area contributed by atoms with Crippen LogP contribution in [0.15, 0.2) is 41.0 Å². The molecule has 2 amide bonds. The Kier molecular flexibility index (Phi) is 6.71. The van der Waals surface area contributed by atoms with E-state index in [9.17, 15) is 9.59 Å². The monoisotopic (exact) mass is 538 g/mol. The molecule has 2 aromatic heterocycles. The Balaban J connectivity index is 1.62. The zero-order valence-electron chi connectivity index (χ0n) is 22.7. The van der Waals surface area contributed by atoms with Gasteiger partial charge in [0.05, 0.1) is 35.0 Å². The van der Waals surface area contributed by atoms with Crippen molar-refractivity contribution in [1.29, 1.82) is 0 Å². The highest BCUT2D eigenvalue weighted by molar-refractivity contribution is 8.00. The molecule has 202 valence electrons. The van der Waals surface area contributed by atoms with Gasteiger partial charge in [0.1, 0.15) is 18.1 Å². The van der Waals surface area contributed by atoms with Gasteiger partial charge in [-0.05, 0) is 50.6 Å². The van der Waals surface area contributed by atoms with E-state index >= 15 is 0 Å². The summed E-state index contributed by atoms with van der Waals surface area (Å²) < 4.78 is 18.4. The number of thioether (sulfide) groups is 1. The maximum Gasteiger partial charge on any atom is 0.240 e. The Morgan fingerprint density at radius 2 is 1.89 bits per heavy atom. The highest BCUT2D eigenvalue weighted by atomic mass is 32.2. The molecule has 0 fully saturated rings. The molecule has 0 unspecified atom stereocenters. The largest absolute Gasteiger partial charge is 0.467 e. The molecule has 3 aromatic rings. The maximum atomic E-state index is 13.7. The van der Waals surface area contributed by atoms with Gasteiger partial charge in [-0.1, -0.05) is 26.8 Å². The molecular formula is C28H34N4O5S. The van der Waals surface area contributed by atoms with Crippen molar-refractivity contribution in [3.63, 3.8) is 0 Å². The van der Waals surface area contributed by atoms with Crippen LogP contribution in [0.5, 0.6) is 11.5 Å². The van der Waals surface area contributed by atoms with E-state index in [1.165, 1.54) is 0 Å². The number of anilines is 1. The molecule has 10 heteroatoms. The summed E-state index contributed by atoms with van der Waals surface area (Å²) in [5.41, 5.74) is 2.09. The first-order chi connectivity index (χ1) is 17.9. The SMILES string of the molecule is CC(C)(C)c1nn(C(C)(C)C)c2c1[C@H](c1ccc3c(c1)OCO3)SCC(=O)N2CC(=O)NCc1ccco1. The van der Waals surface area contributed by atoms with Crippen LogP contribution in [0, 0.1) is 0 Å². The summed E-state index contributed by atoms with van der Waals surface area (Å²) in [6.45, 7) is 12.9. The van der Waals surface area contributed by atoms with Crippen LogP contribution in [0.4, 0.5) is 5.82 Å². The predicted molar refractivity (Wildman–Crippen MR) is 146 cm³/mol. The Hall–Kier alpha value is -3.40. The van der Waals surface area contributed by atoms with Crippen molar-refractivity contribution in [2.45, 2.75) is 64.3 Å². The summed E-state index contributed by atoms with van der Waals surface area (Å²) in [5.74, 6) is 2.51. The molecule has 0 spiro atoms. The molecule has 0 saturated carbocycles. The molecule has 2 aliphatic rings. The van der Waals surface area contributed by atoms with Gasteiger partial charge < -0.3 is 19.2 Å². The Labute approximate surface area is 226 Å². The van der Waals surface area contributed by atoms with Gasteiger partial charge in [-0.25, -0.2) is 4.68 Å². The molecule has 0 aliphatic carbocycles. The van der Waals surface area contributed by atoms with Gasteiger partial charge in [-0.3, -0.25) is 14.5 Å². The molecular weight excluding hydrogens is 504 g/mol. The molecule has 4 heterocycles. The second kappa shape index (κ2) is 9.72. The molecule has 2 aliphatic heterocycles. The fraction of sp³-hybridized carbons (Fsp3) is 0.464. The number of aromatic nitrogens is 2. The van der Waals surface area contributed by atoms with Crippen molar-refractivity contribution in [3.8, 4) is 11.5 Å². The van der Waals surface area contributed by atoms with Gasteiger partial charge >= 0.3 is 0 Å². The lowest BCUT2D eigenvalue weighted by Crippen LogP contribution is -2.43. The molecule has 0 saturated heterocycles. The number of ether oxygens (including phenoxy) is 2. The normalized spacial score (nSPS) is 17.4. The van der Waals surface area contributed by atoms with Gasteiger partial charge in [0, 0.05) is 11.0 Å². The number of hydrogen-bond acceptors (Lipinski definition) is 7. The lowest BCUT2D eigenvalue weighted by Gasteiger charge is -2.28. The summed E-state index contributed by atoms with van der Waals surface area (Å²) in [5, 5.41) is 7.80. The van der Waals surface area contributed by atoms with Crippen LogP contribution in [0.1, 0.15) is 69.4 Å². The number of carbonyl (C=O) groups is 2. The second-order valence-corrected chi connectivity index (χ2v) is 12.7. The first-order valence-electron chi connectivity index (χ1n) is 12.7. The van der Waals surface area contributed by atoms with E-state index in [4.69, 9.17) is 19.0 Å². The lowest BCUT2D eigenvalue weighted by atomic mass is 9.87. The van der Waals surface area contributed by atoms with E-state index in [0.29, 0.717) is 23.1 Å². The van der Waals surface area contributed by atoms with E-state index in [-0.39, 0.29) is 48.1 Å². The van der Waals surface area contributed by atoms with Crippen molar-refractivity contribution < 1.29 is 23.5 Å². The van der Waals surface area contributed by atoms with Crippen molar-refractivity contribution in [2.75, 3.05) is 24.0 Å². The van der Waals surface area contributed by atoms with Crippen molar-refractivity contribution in [2.24, 2.45) is 0 Å². The summed E-state index contributed by atoms with van der Waals surface area (Å²) in [6.07, 6.45) is 1.56. The highest BCUT2D eigenvalue weighted by Gasteiger charge is 2.41. The first-order valence-corrected chi connectivity index (χ1v) is 13.7. The average molecular weight is 539 g/mol. The number of furan rings is 1. The minimum Gasteiger partial charge on any atom is -0.467 e. The molecule has 0 bridgehead atoms. The topological polar surface area (TPSA) is 98.8 Å². The summed E-state index contributed by atoms with van der Waals surface area (Å²) in [6, 6.07) is 9.49. The van der Waals surface area contributed by atoms with Crippen molar-refractivity contribution >= 4 is 29.4 Å². The zero-order valence-corrected chi connectivity index (χ0v) is 23.5. The zero-order chi connectivity index (χ0) is 27.2. The first kappa shape index (κ1) is 26.2. The number of benzene rings is 1. The van der Waals surface area contributed by atoms with Crippen LogP contribution in [0.25, 0.3) is 0 Å². The Bertz CT molecular complexity index is 1350. The van der Waals surface area contributed by atoms with Gasteiger partial charge in [-0.15, -0.1) is 11.8 Å². The molecule has 5 rings (SSSR count). The van der Waals surface area contributed by atoms with E-state index in [2.05, 4.69) is 46.9 Å². The molecule has 1 aromatic carbocycles. The van der Waals surface area contributed by atoms with E-state index in [0.717, 1.165) is 16.8 Å². The van der Waals surface area contributed by atoms with Crippen LogP contribution in [0.3, 0.4) is 0 Å². The van der Waals surface area contributed by atoms with Crippen LogP contribution in [0.2, 0.25) is 0 Å². The predicted octanol–water partition coefficient (Wildman–Crippen LogP) is 4.74. The van der Waals surface area contributed by atoms with Crippen LogP contribution in [-0.4, -0.2) is 40.7 Å². The van der Waals surface area contributed by atoms with Gasteiger partial charge in [-0.2, -0.15) is 5.10 Å². The molecule has 1 N–H and O–H groups in total. The summed E-state index contributed by atoms with van der Waals surface area (Å²) in [4.78, 5) is 28.4. The van der Waals surface area contributed by atoms with Crippen LogP contribution < -0.4 is 19.7 Å². The van der Waals surface area contributed by atoms with Crippen LogP contribution >= 0.6 is 11.8 Å². The number of nitrogens with one attached hydrogen (secondary N) is 1. The van der Waals surface area contributed by atoms with Gasteiger partial charge in [0.25, 0.3) is 0 Å². The lowest BCUT2D eigenvalue weighted by molar-refractivity contribution is -0.123. The summed E-state index contributed by atoms with van der Waals surface area (Å²) in [7, 11) is 0. The van der Waals surface area contributed by atoms with Crippen molar-refractivity contribution in [3.05, 3.63) is 59.2 Å². The highest BCUT2D eigenvalue weighted by Crippen LogP contribution is 2.50. The number of fused-ring (bicyclic) bond motifs is 2. The fourth-order valence-corrected chi connectivity index (χ4v) is 5.87. The summed E-state index contributed by atoms with van der Waals surface area (Å²) >= 11 is 1.54. The van der Waals surface area contributed by atoms with Crippen molar-refractivity contribution in [1.82, 2.24) is 15.1 Å². The standard InChI is InChI=1S/C28H34N4O5S/c1-27(2,3)25-23-24(17-9-10-19-20(12-17)37-16-36-19)38-15-22(34)31(26(23)32(30-25)28(4,5)6)14-21(33)29-13-18-8-7-11-35-18/h7-12,24H,13-16H2,1-6H3,(H,29,33)/t24-/m0/s1. The smallest absolute Gasteiger partial charge is 0.240 e. The average Bonchev–Trinajstić information content (AvgIpc) is 3.58. The Morgan fingerprint density at radius 1 is 1.13 bits per heavy atom. The quantitative estimate of drug-likeness (QED) is 0.501. The number of nitrogens with zero attached hydrogens (tertiary/aromatic N) is 3. The minimum absolute atomic E-state index is 0.119. The van der Waals surface area contributed by atoms with E-state index in [1.807, 2.05) is 22.9 Å². The van der Waals surface area contributed by atoms with E-state index in [1.54, 1.807) is 35.1 Å². The van der Waals surface area contributed by atoms with E-state index < -0.39 is 5.54 Å². The van der Waals surface area contributed by atoms with Crippen LogP contribution in [-0.2, 0) is 27.1 Å². The molecule has 38 heavy (non-hydrogen) atoms. The third-order valence-electron chi connectivity index (χ3n) is 6.48. The second-order valence-electron chi connectivity index (χ2n) is 11.6. The third kappa shape index (κ3) is 5.01. The number of amides is 2. The number of carbonyl (C=O) groups excluding carboxylic acids is 2. The maximum absolute atomic E-state index is 13.7. The molecule has 9 nitrogen and oxygen atoms in total. The third-order valence-corrected chi connectivity index (χ3v) is 7.73. The minimum atomic E-state index is -0.439. The van der Waals surface area contributed by atoms with Gasteiger partial charge in [0.15, 0.2) is 11.5 Å². The molecule has 0 radical (unpaired) electrons. The molecule has 1 atom stereocenters.